The van der Waals surface area contributed by atoms with Crippen LogP contribution in [0, 0.1) is 11.8 Å². The van der Waals surface area contributed by atoms with Crippen LogP contribution in [0.25, 0.3) is 0 Å². The highest BCUT2D eigenvalue weighted by Gasteiger charge is 2.17. The molecule has 1 aromatic carbocycles. The zero-order valence-electron chi connectivity index (χ0n) is 12.6. The van der Waals surface area contributed by atoms with Crippen LogP contribution in [0.1, 0.15) is 64.0 Å². The molecule has 1 atom stereocenters. The molecule has 1 unspecified atom stereocenters. The van der Waals surface area contributed by atoms with Crippen molar-refractivity contribution in [2.75, 3.05) is 6.54 Å². The third-order valence-electron chi connectivity index (χ3n) is 4.29. The van der Waals surface area contributed by atoms with E-state index in [0.29, 0.717) is 6.04 Å². The average molecular weight is 259 g/mol. The Morgan fingerprint density at radius 2 is 1.74 bits per heavy atom. The van der Waals surface area contributed by atoms with Crippen LogP contribution in [0.4, 0.5) is 0 Å². The molecule has 0 heterocycles. The Hall–Kier alpha value is -0.820. The number of hydrogen-bond acceptors (Lipinski definition) is 1. The van der Waals surface area contributed by atoms with Crippen molar-refractivity contribution in [1.82, 2.24) is 5.32 Å². The van der Waals surface area contributed by atoms with E-state index in [0.717, 1.165) is 11.8 Å². The van der Waals surface area contributed by atoms with Gasteiger partial charge in [-0.15, -0.1) is 0 Å². The van der Waals surface area contributed by atoms with E-state index in [1.165, 1.54) is 50.6 Å². The molecule has 0 saturated heterocycles. The van der Waals surface area contributed by atoms with Gasteiger partial charge in [0.25, 0.3) is 0 Å². The van der Waals surface area contributed by atoms with Crippen LogP contribution < -0.4 is 5.32 Å². The SMILES string of the molecule is CC(C)CC(NCC1CCCCC1)c1ccccc1. The van der Waals surface area contributed by atoms with E-state index in [9.17, 15) is 0 Å². The van der Waals surface area contributed by atoms with Crippen LogP contribution in [0.15, 0.2) is 30.3 Å². The van der Waals surface area contributed by atoms with Crippen molar-refractivity contribution in [2.24, 2.45) is 11.8 Å². The zero-order chi connectivity index (χ0) is 13.5. The van der Waals surface area contributed by atoms with Gasteiger partial charge in [0.15, 0.2) is 0 Å². The van der Waals surface area contributed by atoms with E-state index in [1.807, 2.05) is 0 Å². The Kier molecular flexibility index (Phi) is 5.91. The largest absolute Gasteiger partial charge is 0.310 e. The van der Waals surface area contributed by atoms with Crippen LogP contribution in [-0.4, -0.2) is 6.54 Å². The topological polar surface area (TPSA) is 12.0 Å². The van der Waals surface area contributed by atoms with Gasteiger partial charge in [0.05, 0.1) is 0 Å². The second-order valence-electron chi connectivity index (χ2n) is 6.51. The molecule has 0 radical (unpaired) electrons. The molecule has 1 aliphatic rings. The fourth-order valence-corrected chi connectivity index (χ4v) is 3.19. The van der Waals surface area contributed by atoms with Gasteiger partial charge < -0.3 is 5.32 Å². The third-order valence-corrected chi connectivity index (χ3v) is 4.29. The Bertz CT molecular complexity index is 338. The lowest BCUT2D eigenvalue weighted by atomic mass is 9.88. The van der Waals surface area contributed by atoms with Crippen molar-refractivity contribution in [3.8, 4) is 0 Å². The molecule has 1 aromatic rings. The van der Waals surface area contributed by atoms with Crippen LogP contribution >= 0.6 is 0 Å². The van der Waals surface area contributed by atoms with Crippen LogP contribution in [0.5, 0.6) is 0 Å². The van der Waals surface area contributed by atoms with Gasteiger partial charge in [-0.3, -0.25) is 0 Å². The lowest BCUT2D eigenvalue weighted by Gasteiger charge is -2.27. The number of hydrogen-bond donors (Lipinski definition) is 1. The maximum atomic E-state index is 3.84. The molecule has 1 fully saturated rings. The molecule has 0 aliphatic heterocycles. The van der Waals surface area contributed by atoms with Gasteiger partial charge in [0, 0.05) is 6.04 Å². The lowest BCUT2D eigenvalue weighted by Crippen LogP contribution is -2.29. The summed E-state index contributed by atoms with van der Waals surface area (Å²) in [5.74, 6) is 1.65. The first kappa shape index (κ1) is 14.6. The van der Waals surface area contributed by atoms with Crippen molar-refractivity contribution in [3.05, 3.63) is 35.9 Å². The summed E-state index contributed by atoms with van der Waals surface area (Å²) in [4.78, 5) is 0. The smallest absolute Gasteiger partial charge is 0.0322 e. The highest BCUT2D eigenvalue weighted by molar-refractivity contribution is 5.18. The fraction of sp³-hybridized carbons (Fsp3) is 0.667. The summed E-state index contributed by atoms with van der Waals surface area (Å²) < 4.78 is 0. The Morgan fingerprint density at radius 3 is 2.37 bits per heavy atom. The van der Waals surface area contributed by atoms with E-state index in [-0.39, 0.29) is 0 Å². The number of nitrogens with one attached hydrogen (secondary N) is 1. The molecule has 0 bridgehead atoms. The standard InChI is InChI=1S/C18H29N/c1-15(2)13-18(17-11-7-4-8-12-17)19-14-16-9-5-3-6-10-16/h4,7-8,11-12,15-16,18-19H,3,5-6,9-10,13-14H2,1-2H3. The van der Waals surface area contributed by atoms with E-state index in [2.05, 4.69) is 49.5 Å². The summed E-state index contributed by atoms with van der Waals surface area (Å²) in [6.45, 7) is 5.84. The molecule has 0 spiro atoms. The molecule has 1 aliphatic carbocycles. The highest BCUT2D eigenvalue weighted by atomic mass is 14.9. The van der Waals surface area contributed by atoms with Crippen molar-refractivity contribution in [3.63, 3.8) is 0 Å². The predicted molar refractivity (Wildman–Crippen MR) is 83.2 cm³/mol. The van der Waals surface area contributed by atoms with Gasteiger partial charge in [0.1, 0.15) is 0 Å². The molecule has 1 saturated carbocycles. The second-order valence-corrected chi connectivity index (χ2v) is 6.51. The van der Waals surface area contributed by atoms with E-state index in [4.69, 9.17) is 0 Å². The summed E-state index contributed by atoms with van der Waals surface area (Å²) in [7, 11) is 0. The molecular formula is C18H29N. The predicted octanol–water partition coefficient (Wildman–Crippen LogP) is 4.94. The molecule has 1 nitrogen and oxygen atoms in total. The van der Waals surface area contributed by atoms with Gasteiger partial charge in [-0.25, -0.2) is 0 Å². The molecule has 19 heavy (non-hydrogen) atoms. The number of benzene rings is 1. The van der Waals surface area contributed by atoms with Crippen LogP contribution in [-0.2, 0) is 0 Å². The second kappa shape index (κ2) is 7.69. The van der Waals surface area contributed by atoms with Gasteiger partial charge >= 0.3 is 0 Å². The third kappa shape index (κ3) is 4.99. The van der Waals surface area contributed by atoms with Gasteiger partial charge in [-0.05, 0) is 43.2 Å². The molecule has 1 N–H and O–H groups in total. The van der Waals surface area contributed by atoms with Crippen LogP contribution in [0.3, 0.4) is 0 Å². The molecule has 2 rings (SSSR count). The number of rotatable bonds is 6. The molecule has 1 heteroatoms. The maximum absolute atomic E-state index is 3.84. The van der Waals surface area contributed by atoms with Gasteiger partial charge in [-0.1, -0.05) is 63.4 Å². The van der Waals surface area contributed by atoms with Crippen molar-refractivity contribution in [1.29, 1.82) is 0 Å². The minimum absolute atomic E-state index is 0.531. The first-order chi connectivity index (χ1) is 9.25. The summed E-state index contributed by atoms with van der Waals surface area (Å²) in [5, 5.41) is 3.84. The first-order valence-electron chi connectivity index (χ1n) is 8.04. The average Bonchev–Trinajstić information content (AvgIpc) is 2.45. The van der Waals surface area contributed by atoms with E-state index in [1.54, 1.807) is 0 Å². The quantitative estimate of drug-likeness (QED) is 0.762. The molecular weight excluding hydrogens is 230 g/mol. The highest BCUT2D eigenvalue weighted by Crippen LogP contribution is 2.25. The summed E-state index contributed by atoms with van der Waals surface area (Å²) in [6, 6.07) is 11.5. The van der Waals surface area contributed by atoms with Crippen molar-refractivity contribution < 1.29 is 0 Å². The monoisotopic (exact) mass is 259 g/mol. The molecule has 0 aromatic heterocycles. The fourth-order valence-electron chi connectivity index (χ4n) is 3.19. The minimum Gasteiger partial charge on any atom is -0.310 e. The van der Waals surface area contributed by atoms with Crippen LogP contribution in [0.2, 0.25) is 0 Å². The summed E-state index contributed by atoms with van der Waals surface area (Å²) in [6.07, 6.45) is 8.41. The van der Waals surface area contributed by atoms with Gasteiger partial charge in [0.2, 0.25) is 0 Å². The normalized spacial score (nSPS) is 18.7. The van der Waals surface area contributed by atoms with Crippen molar-refractivity contribution in [2.45, 2.75) is 58.4 Å². The van der Waals surface area contributed by atoms with Gasteiger partial charge in [-0.2, -0.15) is 0 Å². The molecule has 106 valence electrons. The Morgan fingerprint density at radius 1 is 1.05 bits per heavy atom. The summed E-state index contributed by atoms with van der Waals surface area (Å²) >= 11 is 0. The maximum Gasteiger partial charge on any atom is 0.0322 e. The Labute approximate surface area is 118 Å². The Balaban J connectivity index is 1.90. The minimum atomic E-state index is 0.531. The lowest BCUT2D eigenvalue weighted by molar-refractivity contribution is 0.315. The van der Waals surface area contributed by atoms with Crippen molar-refractivity contribution >= 4 is 0 Å². The first-order valence-corrected chi connectivity index (χ1v) is 8.04. The summed E-state index contributed by atoms with van der Waals surface area (Å²) in [5.41, 5.74) is 1.45. The molecule has 0 amide bonds. The van der Waals surface area contributed by atoms with E-state index >= 15 is 0 Å². The zero-order valence-corrected chi connectivity index (χ0v) is 12.6. The van der Waals surface area contributed by atoms with E-state index < -0.39 is 0 Å².